The van der Waals surface area contributed by atoms with Crippen LogP contribution in [0.5, 0.6) is 0 Å². The molecule has 1 fully saturated rings. The van der Waals surface area contributed by atoms with Gasteiger partial charge in [-0.25, -0.2) is 0 Å². The molecule has 0 aromatic heterocycles. The van der Waals surface area contributed by atoms with Crippen LogP contribution in [0, 0.1) is 5.92 Å². The number of likely N-dealkylation sites (tertiary alicyclic amines) is 1. The van der Waals surface area contributed by atoms with Crippen molar-refractivity contribution in [2.75, 3.05) is 25.9 Å². The molecule has 1 aliphatic rings. The number of benzene rings is 1. The smallest absolute Gasteiger partial charge is 0.0205 e. The summed E-state index contributed by atoms with van der Waals surface area (Å²) in [5, 5.41) is 3.61. The highest BCUT2D eigenvalue weighted by atomic mass is 32.2. The van der Waals surface area contributed by atoms with E-state index in [-0.39, 0.29) is 0 Å². The van der Waals surface area contributed by atoms with Gasteiger partial charge in [0.1, 0.15) is 0 Å². The van der Waals surface area contributed by atoms with Gasteiger partial charge in [-0.05, 0) is 63.2 Å². The third-order valence-corrected chi connectivity index (χ3v) is 4.71. The molecule has 1 heterocycles. The van der Waals surface area contributed by atoms with Gasteiger partial charge in [0.2, 0.25) is 0 Å². The number of nitrogens with one attached hydrogen (secondary N) is 1. The van der Waals surface area contributed by atoms with Gasteiger partial charge in [0.05, 0.1) is 0 Å². The molecule has 0 spiro atoms. The van der Waals surface area contributed by atoms with Gasteiger partial charge in [0.25, 0.3) is 0 Å². The zero-order valence-corrected chi connectivity index (χ0v) is 13.2. The SMILES string of the molecule is CSc1ccc(CNCC2CCN(C(C)C)C2)cc1. The Bertz CT molecular complexity index is 375. The maximum absolute atomic E-state index is 3.61. The zero-order valence-electron chi connectivity index (χ0n) is 12.4. The Morgan fingerprint density at radius 2 is 2.05 bits per heavy atom. The van der Waals surface area contributed by atoms with Crippen molar-refractivity contribution in [1.82, 2.24) is 10.2 Å². The van der Waals surface area contributed by atoms with Crippen molar-refractivity contribution in [3.63, 3.8) is 0 Å². The van der Waals surface area contributed by atoms with E-state index in [1.54, 1.807) is 11.8 Å². The molecular formula is C16H26N2S. The van der Waals surface area contributed by atoms with Crippen molar-refractivity contribution >= 4 is 11.8 Å². The van der Waals surface area contributed by atoms with Crippen molar-refractivity contribution in [1.29, 1.82) is 0 Å². The molecule has 1 aromatic rings. The van der Waals surface area contributed by atoms with Gasteiger partial charge in [-0.2, -0.15) is 0 Å². The molecule has 1 aromatic carbocycles. The van der Waals surface area contributed by atoms with Gasteiger partial charge < -0.3 is 10.2 Å². The topological polar surface area (TPSA) is 15.3 Å². The minimum atomic E-state index is 0.698. The minimum absolute atomic E-state index is 0.698. The van der Waals surface area contributed by atoms with E-state index in [4.69, 9.17) is 0 Å². The monoisotopic (exact) mass is 278 g/mol. The average Bonchev–Trinajstić information content (AvgIpc) is 2.89. The Kier molecular flexibility index (Phi) is 5.74. The molecule has 1 atom stereocenters. The molecule has 1 aliphatic heterocycles. The summed E-state index contributed by atoms with van der Waals surface area (Å²) in [5.74, 6) is 0.827. The third kappa shape index (κ3) is 4.51. The van der Waals surface area contributed by atoms with E-state index < -0.39 is 0 Å². The second kappa shape index (κ2) is 7.32. The number of nitrogens with zero attached hydrogens (tertiary/aromatic N) is 1. The van der Waals surface area contributed by atoms with Crippen molar-refractivity contribution in [3.05, 3.63) is 29.8 Å². The molecular weight excluding hydrogens is 252 g/mol. The quantitative estimate of drug-likeness (QED) is 0.804. The van der Waals surface area contributed by atoms with E-state index in [1.165, 1.54) is 30.0 Å². The second-order valence-corrected chi connectivity index (χ2v) is 6.60. The highest BCUT2D eigenvalue weighted by Gasteiger charge is 2.23. The van der Waals surface area contributed by atoms with Crippen LogP contribution in [0.4, 0.5) is 0 Å². The summed E-state index contributed by atoms with van der Waals surface area (Å²) >= 11 is 1.80. The van der Waals surface area contributed by atoms with Crippen LogP contribution < -0.4 is 5.32 Å². The van der Waals surface area contributed by atoms with Crippen LogP contribution >= 0.6 is 11.8 Å². The third-order valence-electron chi connectivity index (χ3n) is 3.97. The van der Waals surface area contributed by atoms with Gasteiger partial charge in [-0.1, -0.05) is 12.1 Å². The number of thioether (sulfide) groups is 1. The summed E-state index contributed by atoms with van der Waals surface area (Å²) in [6.45, 7) is 9.26. The number of rotatable bonds is 6. The fourth-order valence-electron chi connectivity index (χ4n) is 2.66. The summed E-state index contributed by atoms with van der Waals surface area (Å²) in [6.07, 6.45) is 3.46. The largest absolute Gasteiger partial charge is 0.312 e. The summed E-state index contributed by atoms with van der Waals surface area (Å²) in [4.78, 5) is 3.92. The molecule has 3 heteroatoms. The van der Waals surface area contributed by atoms with E-state index in [9.17, 15) is 0 Å². The molecule has 0 radical (unpaired) electrons. The predicted molar refractivity (Wildman–Crippen MR) is 84.7 cm³/mol. The van der Waals surface area contributed by atoms with Crippen LogP contribution in [-0.4, -0.2) is 36.8 Å². The molecule has 1 N–H and O–H groups in total. The Labute approximate surface area is 122 Å². The first-order valence-corrected chi connectivity index (χ1v) is 8.49. The van der Waals surface area contributed by atoms with E-state index in [0.29, 0.717) is 6.04 Å². The molecule has 1 saturated heterocycles. The lowest BCUT2D eigenvalue weighted by Gasteiger charge is -2.20. The van der Waals surface area contributed by atoms with Crippen molar-refractivity contribution in [3.8, 4) is 0 Å². The lowest BCUT2D eigenvalue weighted by molar-refractivity contribution is 0.264. The van der Waals surface area contributed by atoms with Gasteiger partial charge in [-0.15, -0.1) is 11.8 Å². The highest BCUT2D eigenvalue weighted by Crippen LogP contribution is 2.18. The fraction of sp³-hybridized carbons (Fsp3) is 0.625. The van der Waals surface area contributed by atoms with Crippen LogP contribution in [0.1, 0.15) is 25.8 Å². The summed E-state index contributed by atoms with van der Waals surface area (Å²) in [7, 11) is 0. The molecule has 0 saturated carbocycles. The molecule has 2 nitrogen and oxygen atoms in total. The second-order valence-electron chi connectivity index (χ2n) is 5.72. The fourth-order valence-corrected chi connectivity index (χ4v) is 3.07. The Balaban J connectivity index is 1.69. The van der Waals surface area contributed by atoms with Crippen molar-refractivity contribution in [2.24, 2.45) is 5.92 Å². The standard InChI is InChI=1S/C16H26N2S/c1-13(2)18-9-8-15(12-18)11-17-10-14-4-6-16(19-3)7-5-14/h4-7,13,15,17H,8-12H2,1-3H3. The number of hydrogen-bond donors (Lipinski definition) is 1. The van der Waals surface area contributed by atoms with Crippen LogP contribution in [-0.2, 0) is 6.54 Å². The van der Waals surface area contributed by atoms with E-state index in [0.717, 1.165) is 19.0 Å². The Morgan fingerprint density at radius 3 is 2.63 bits per heavy atom. The molecule has 1 unspecified atom stereocenters. The molecule has 2 rings (SSSR count). The van der Waals surface area contributed by atoms with E-state index in [1.807, 2.05) is 0 Å². The van der Waals surface area contributed by atoms with Gasteiger partial charge >= 0.3 is 0 Å². The molecule has 0 aliphatic carbocycles. The van der Waals surface area contributed by atoms with Crippen LogP contribution in [0.25, 0.3) is 0 Å². The summed E-state index contributed by atoms with van der Waals surface area (Å²) in [5.41, 5.74) is 1.39. The van der Waals surface area contributed by atoms with Crippen LogP contribution in [0.3, 0.4) is 0 Å². The van der Waals surface area contributed by atoms with E-state index >= 15 is 0 Å². The molecule has 0 bridgehead atoms. The summed E-state index contributed by atoms with van der Waals surface area (Å²) in [6, 6.07) is 9.57. The maximum atomic E-state index is 3.61. The van der Waals surface area contributed by atoms with Gasteiger partial charge in [0.15, 0.2) is 0 Å². The number of hydrogen-bond acceptors (Lipinski definition) is 3. The van der Waals surface area contributed by atoms with Gasteiger partial charge in [0, 0.05) is 24.0 Å². The average molecular weight is 278 g/mol. The van der Waals surface area contributed by atoms with Crippen LogP contribution in [0.15, 0.2) is 29.2 Å². The minimum Gasteiger partial charge on any atom is -0.312 e. The summed E-state index contributed by atoms with van der Waals surface area (Å²) < 4.78 is 0. The van der Waals surface area contributed by atoms with Crippen molar-refractivity contribution in [2.45, 2.75) is 37.8 Å². The van der Waals surface area contributed by atoms with Crippen LogP contribution in [0.2, 0.25) is 0 Å². The highest BCUT2D eigenvalue weighted by molar-refractivity contribution is 7.98. The van der Waals surface area contributed by atoms with E-state index in [2.05, 4.69) is 54.6 Å². The molecule has 19 heavy (non-hydrogen) atoms. The normalized spacial score (nSPS) is 20.3. The molecule has 106 valence electrons. The Hall–Kier alpha value is -0.510. The van der Waals surface area contributed by atoms with Gasteiger partial charge in [-0.3, -0.25) is 0 Å². The predicted octanol–water partition coefficient (Wildman–Crippen LogP) is 3.23. The first-order chi connectivity index (χ1) is 9.19. The first kappa shape index (κ1) is 14.9. The molecule has 0 amide bonds. The Morgan fingerprint density at radius 1 is 1.32 bits per heavy atom. The maximum Gasteiger partial charge on any atom is 0.0205 e. The first-order valence-electron chi connectivity index (χ1n) is 7.26. The zero-order chi connectivity index (χ0) is 13.7. The lowest BCUT2D eigenvalue weighted by Crippen LogP contribution is -2.30. The lowest BCUT2D eigenvalue weighted by atomic mass is 10.1. The van der Waals surface area contributed by atoms with Crippen molar-refractivity contribution < 1.29 is 0 Å².